The summed E-state index contributed by atoms with van der Waals surface area (Å²) in [5.74, 6) is 1.23. The first-order chi connectivity index (χ1) is 9.70. The van der Waals surface area contributed by atoms with E-state index in [1.165, 1.54) is 24.2 Å². The Bertz CT molecular complexity index is 611. The predicted octanol–water partition coefficient (Wildman–Crippen LogP) is 4.20. The van der Waals surface area contributed by atoms with Gasteiger partial charge in [-0.1, -0.05) is 29.8 Å². The fraction of sp³-hybridized carbons (Fsp3) is 0.562. The van der Waals surface area contributed by atoms with E-state index < -0.39 is 0 Å². The Hall–Kier alpha value is -0.870. The average Bonchev–Trinajstić information content (AvgIpc) is 3.05. The van der Waals surface area contributed by atoms with Crippen LogP contribution in [0.15, 0.2) is 22.7 Å². The number of imidazole rings is 1. The maximum Gasteiger partial charge on any atom is 0.130 e. The third-order valence-corrected chi connectivity index (χ3v) is 4.93. The molecule has 1 aliphatic heterocycles. The molecule has 0 bridgehead atoms. The lowest BCUT2D eigenvalue weighted by Crippen LogP contribution is -2.38. The Morgan fingerprint density at radius 3 is 2.90 bits per heavy atom. The molecule has 20 heavy (non-hydrogen) atoms. The van der Waals surface area contributed by atoms with Gasteiger partial charge in [0.15, 0.2) is 0 Å². The lowest BCUT2D eigenvalue weighted by molar-refractivity contribution is 0.338. The minimum atomic E-state index is 0.0701. The van der Waals surface area contributed by atoms with Crippen molar-refractivity contribution in [3.63, 3.8) is 0 Å². The molecular formula is C16H22BrN3. The van der Waals surface area contributed by atoms with Gasteiger partial charge in [0.1, 0.15) is 5.82 Å². The van der Waals surface area contributed by atoms with Gasteiger partial charge in [0.25, 0.3) is 0 Å². The summed E-state index contributed by atoms with van der Waals surface area (Å²) < 4.78 is 3.52. The number of nitrogens with zero attached hydrogens (tertiary/aromatic N) is 2. The molecule has 2 aromatic rings. The van der Waals surface area contributed by atoms with Gasteiger partial charge in [-0.2, -0.15) is 0 Å². The standard InChI is InChI=1S/C16H22BrN3/c1-3-10-20-14-7-6-12(17)11-13(14)19-15(20)16(4-2)8-5-9-18-16/h6-7,11,18H,3-5,8-10H2,1-2H3. The van der Waals surface area contributed by atoms with Gasteiger partial charge in [-0.3, -0.25) is 0 Å². The van der Waals surface area contributed by atoms with Crippen LogP contribution in [-0.2, 0) is 12.1 Å². The maximum absolute atomic E-state index is 4.99. The molecular weight excluding hydrogens is 314 g/mol. The van der Waals surface area contributed by atoms with Gasteiger partial charge in [-0.15, -0.1) is 0 Å². The summed E-state index contributed by atoms with van der Waals surface area (Å²) in [5, 5.41) is 3.72. The molecule has 1 fully saturated rings. The number of nitrogens with one attached hydrogen (secondary N) is 1. The molecule has 0 amide bonds. The minimum Gasteiger partial charge on any atom is -0.326 e. The lowest BCUT2D eigenvalue weighted by Gasteiger charge is -2.28. The summed E-state index contributed by atoms with van der Waals surface area (Å²) in [6.45, 7) is 6.64. The van der Waals surface area contributed by atoms with E-state index >= 15 is 0 Å². The van der Waals surface area contributed by atoms with Crippen LogP contribution in [0.3, 0.4) is 0 Å². The Labute approximate surface area is 128 Å². The van der Waals surface area contributed by atoms with Crippen molar-refractivity contribution in [1.29, 1.82) is 0 Å². The van der Waals surface area contributed by atoms with Gasteiger partial charge in [0.2, 0.25) is 0 Å². The first-order valence-electron chi connectivity index (χ1n) is 7.61. The van der Waals surface area contributed by atoms with Crippen molar-refractivity contribution in [3.8, 4) is 0 Å². The van der Waals surface area contributed by atoms with Crippen LogP contribution in [0.25, 0.3) is 11.0 Å². The normalized spacial score (nSPS) is 22.8. The predicted molar refractivity (Wildman–Crippen MR) is 86.9 cm³/mol. The molecule has 3 rings (SSSR count). The van der Waals surface area contributed by atoms with E-state index in [9.17, 15) is 0 Å². The number of aryl methyl sites for hydroxylation is 1. The van der Waals surface area contributed by atoms with E-state index in [2.05, 4.69) is 57.9 Å². The van der Waals surface area contributed by atoms with Crippen LogP contribution >= 0.6 is 15.9 Å². The molecule has 1 aromatic heterocycles. The fourth-order valence-corrected chi connectivity index (χ4v) is 3.72. The van der Waals surface area contributed by atoms with Crippen molar-refractivity contribution in [1.82, 2.24) is 14.9 Å². The number of halogens is 1. The summed E-state index contributed by atoms with van der Waals surface area (Å²) in [6, 6.07) is 6.42. The highest BCUT2D eigenvalue weighted by Gasteiger charge is 2.38. The summed E-state index contributed by atoms with van der Waals surface area (Å²) in [5.41, 5.74) is 2.43. The van der Waals surface area contributed by atoms with Crippen LogP contribution in [0, 0.1) is 0 Å². The third-order valence-electron chi connectivity index (χ3n) is 4.43. The van der Waals surface area contributed by atoms with Crippen molar-refractivity contribution in [2.24, 2.45) is 0 Å². The molecule has 1 saturated heterocycles. The summed E-state index contributed by atoms with van der Waals surface area (Å²) >= 11 is 3.55. The summed E-state index contributed by atoms with van der Waals surface area (Å²) in [4.78, 5) is 4.99. The zero-order chi connectivity index (χ0) is 14.2. The van der Waals surface area contributed by atoms with E-state index in [1.54, 1.807) is 0 Å². The second kappa shape index (κ2) is 5.49. The molecule has 0 spiro atoms. The smallest absolute Gasteiger partial charge is 0.130 e. The van der Waals surface area contributed by atoms with Gasteiger partial charge in [0.05, 0.1) is 16.6 Å². The average molecular weight is 336 g/mol. The van der Waals surface area contributed by atoms with Crippen LogP contribution in [0.4, 0.5) is 0 Å². The van der Waals surface area contributed by atoms with E-state index in [0.717, 1.165) is 35.9 Å². The second-order valence-corrected chi connectivity index (χ2v) is 6.60. The van der Waals surface area contributed by atoms with E-state index in [-0.39, 0.29) is 5.54 Å². The Kier molecular flexibility index (Phi) is 3.87. The van der Waals surface area contributed by atoms with Crippen molar-refractivity contribution < 1.29 is 0 Å². The summed E-state index contributed by atoms with van der Waals surface area (Å²) in [7, 11) is 0. The third kappa shape index (κ3) is 2.19. The zero-order valence-corrected chi connectivity index (χ0v) is 13.8. The number of rotatable bonds is 4. The van der Waals surface area contributed by atoms with Crippen molar-refractivity contribution >= 4 is 27.0 Å². The molecule has 3 nitrogen and oxygen atoms in total. The molecule has 1 unspecified atom stereocenters. The number of benzene rings is 1. The number of hydrogen-bond donors (Lipinski definition) is 1. The molecule has 4 heteroatoms. The Balaban J connectivity index is 2.20. The quantitative estimate of drug-likeness (QED) is 0.907. The van der Waals surface area contributed by atoms with E-state index in [4.69, 9.17) is 4.98 Å². The molecule has 108 valence electrons. The number of hydrogen-bond acceptors (Lipinski definition) is 2. The largest absolute Gasteiger partial charge is 0.326 e. The van der Waals surface area contributed by atoms with Gasteiger partial charge in [-0.25, -0.2) is 4.98 Å². The van der Waals surface area contributed by atoms with Gasteiger partial charge >= 0.3 is 0 Å². The van der Waals surface area contributed by atoms with Crippen LogP contribution in [0.1, 0.15) is 45.4 Å². The highest BCUT2D eigenvalue weighted by Crippen LogP contribution is 2.35. The number of fused-ring (bicyclic) bond motifs is 1. The molecule has 1 aromatic carbocycles. The maximum atomic E-state index is 4.99. The van der Waals surface area contributed by atoms with Crippen LogP contribution < -0.4 is 5.32 Å². The minimum absolute atomic E-state index is 0.0701. The SMILES string of the molecule is CCCn1c(C2(CC)CCCN2)nc2cc(Br)ccc21. The monoisotopic (exact) mass is 335 g/mol. The molecule has 1 N–H and O–H groups in total. The second-order valence-electron chi connectivity index (χ2n) is 5.69. The highest BCUT2D eigenvalue weighted by molar-refractivity contribution is 9.10. The van der Waals surface area contributed by atoms with Gasteiger partial charge in [0, 0.05) is 11.0 Å². The van der Waals surface area contributed by atoms with Gasteiger partial charge < -0.3 is 9.88 Å². The van der Waals surface area contributed by atoms with Crippen LogP contribution in [0.2, 0.25) is 0 Å². The van der Waals surface area contributed by atoms with Gasteiger partial charge in [-0.05, 0) is 50.4 Å². The fourth-order valence-electron chi connectivity index (χ4n) is 3.38. The van der Waals surface area contributed by atoms with Crippen LogP contribution in [0.5, 0.6) is 0 Å². The van der Waals surface area contributed by atoms with Crippen molar-refractivity contribution in [3.05, 3.63) is 28.5 Å². The highest BCUT2D eigenvalue weighted by atomic mass is 79.9. The molecule has 0 radical (unpaired) electrons. The number of aromatic nitrogens is 2. The Morgan fingerprint density at radius 1 is 1.40 bits per heavy atom. The lowest BCUT2D eigenvalue weighted by atomic mass is 9.93. The van der Waals surface area contributed by atoms with E-state index in [1.807, 2.05) is 0 Å². The topological polar surface area (TPSA) is 29.9 Å². The van der Waals surface area contributed by atoms with E-state index in [0.29, 0.717) is 0 Å². The molecule has 0 saturated carbocycles. The zero-order valence-electron chi connectivity index (χ0n) is 12.2. The Morgan fingerprint density at radius 2 is 2.25 bits per heavy atom. The first-order valence-corrected chi connectivity index (χ1v) is 8.41. The first kappa shape index (κ1) is 14.1. The van der Waals surface area contributed by atoms with Crippen molar-refractivity contribution in [2.45, 2.75) is 51.6 Å². The van der Waals surface area contributed by atoms with Crippen LogP contribution in [-0.4, -0.2) is 16.1 Å². The molecule has 1 atom stereocenters. The van der Waals surface area contributed by atoms with Crippen molar-refractivity contribution in [2.75, 3.05) is 6.54 Å². The molecule has 0 aliphatic carbocycles. The molecule has 1 aliphatic rings. The molecule has 2 heterocycles. The summed E-state index contributed by atoms with van der Waals surface area (Å²) in [6.07, 6.45) is 4.67.